The number of aryl methyl sites for hydroxylation is 1. The number of ether oxygens (including phenoxy) is 1. The molecule has 72 heavy (non-hydrogen) atoms. The smallest absolute Gasteiger partial charge is 0.127 e. The van der Waals surface area contributed by atoms with Crippen LogP contribution in [0.5, 0.6) is 0 Å². The zero-order chi connectivity index (χ0) is 50.0. The van der Waals surface area contributed by atoms with E-state index in [0.717, 1.165) is 41.2 Å². The predicted octanol–water partition coefficient (Wildman–Crippen LogP) is 19.2. The lowest BCUT2D eigenvalue weighted by molar-refractivity contribution is 0.158. The van der Waals surface area contributed by atoms with Crippen molar-refractivity contribution in [3.63, 3.8) is 0 Å². The van der Waals surface area contributed by atoms with Crippen LogP contribution in [0.2, 0.25) is 0 Å². The van der Waals surface area contributed by atoms with Crippen LogP contribution in [-0.4, -0.2) is 6.10 Å². The highest BCUT2D eigenvalue weighted by Gasteiger charge is 2.38. The molecule has 2 heterocycles. The van der Waals surface area contributed by atoms with Crippen molar-refractivity contribution < 1.29 is 4.74 Å². The van der Waals surface area contributed by atoms with Crippen molar-refractivity contribution in [3.8, 4) is 11.1 Å². The number of allylic oxidation sites excluding steroid dienone is 14. The molecule has 0 saturated heterocycles. The molecule has 0 aromatic heterocycles. The summed E-state index contributed by atoms with van der Waals surface area (Å²) < 4.78 is 6.45. The average molecular weight is 956 g/mol. The van der Waals surface area contributed by atoms with Crippen LogP contribution >= 0.6 is 11.8 Å². The summed E-state index contributed by atoms with van der Waals surface area (Å²) in [6, 6.07) is 51.3. The maximum Gasteiger partial charge on any atom is 0.127 e. The van der Waals surface area contributed by atoms with E-state index in [1.165, 1.54) is 77.3 Å². The second-order valence-corrected chi connectivity index (χ2v) is 21.8. The van der Waals surface area contributed by atoms with Crippen molar-refractivity contribution in [1.29, 1.82) is 0 Å². The van der Waals surface area contributed by atoms with Crippen LogP contribution in [0.15, 0.2) is 240 Å². The lowest BCUT2D eigenvalue weighted by atomic mass is 9.80. The fraction of sp³-hybridized carbons (Fsp3) is 0.188. The Morgan fingerprint density at radius 1 is 0.764 bits per heavy atom. The summed E-state index contributed by atoms with van der Waals surface area (Å²) in [6.45, 7) is 19.8. The van der Waals surface area contributed by atoms with E-state index in [1.54, 1.807) is 11.8 Å². The van der Waals surface area contributed by atoms with Crippen molar-refractivity contribution >= 4 is 51.6 Å². The molecule has 2 nitrogen and oxygen atoms in total. The number of hydrogen-bond acceptors (Lipinski definition) is 3. The van der Waals surface area contributed by atoms with Gasteiger partial charge in [-0.25, -0.2) is 0 Å². The molecular formula is C69H65NOS. The van der Waals surface area contributed by atoms with Gasteiger partial charge in [-0.1, -0.05) is 222 Å². The van der Waals surface area contributed by atoms with Gasteiger partial charge in [-0.15, -0.1) is 0 Å². The standard InChI is InChI=1S/C57H55NO.C12H10S/c1-8-39(24-31-45-36-43-23-22-42(37-51(43)57(45,6)7)40-25-29-44(30-26-40)56(3,4)5)48-14-9-11-17-52(48)58(46-32-20-38(2)21-33-46)47-34-27-41(28-35-47)49-16-13-19-54-55(49)50-15-10-12-18-53(50)59-54;1-10-6-4-5-9-13-12-8-3-2-7-11(10)12/h8-12,14-18,20-37,50,53H,13,19H2,1-7H3;2-9H,1H2/b31-24-,39-8+;6-4-,9-5-. The van der Waals surface area contributed by atoms with Crippen molar-refractivity contribution in [1.82, 2.24) is 0 Å². The van der Waals surface area contributed by atoms with E-state index in [-0.39, 0.29) is 22.9 Å². The van der Waals surface area contributed by atoms with E-state index in [2.05, 4.69) is 253 Å². The summed E-state index contributed by atoms with van der Waals surface area (Å²) in [6.07, 6.45) is 28.6. The molecule has 0 bridgehead atoms. The number of fused-ring (bicyclic) bond motifs is 4. The molecule has 2 unspecified atom stereocenters. The van der Waals surface area contributed by atoms with Crippen LogP contribution in [0.3, 0.4) is 0 Å². The van der Waals surface area contributed by atoms with Crippen molar-refractivity contribution in [2.75, 3.05) is 4.90 Å². The van der Waals surface area contributed by atoms with Gasteiger partial charge in [0.25, 0.3) is 0 Å². The van der Waals surface area contributed by atoms with E-state index in [4.69, 9.17) is 4.74 Å². The van der Waals surface area contributed by atoms with Gasteiger partial charge in [-0.3, -0.25) is 0 Å². The fourth-order valence-corrected chi connectivity index (χ4v) is 11.4. The van der Waals surface area contributed by atoms with Gasteiger partial charge >= 0.3 is 0 Å². The third-order valence-electron chi connectivity index (χ3n) is 14.7. The second kappa shape index (κ2) is 20.4. The van der Waals surface area contributed by atoms with Crippen molar-refractivity contribution in [2.24, 2.45) is 5.92 Å². The number of hydrogen-bond donors (Lipinski definition) is 0. The minimum Gasteiger partial charge on any atom is -0.489 e. The monoisotopic (exact) mass is 955 g/mol. The predicted molar refractivity (Wildman–Crippen MR) is 311 cm³/mol. The maximum atomic E-state index is 6.45. The number of anilines is 3. The average Bonchev–Trinajstić information content (AvgIpc) is 3.90. The Kier molecular flexibility index (Phi) is 13.7. The molecule has 6 aromatic rings. The van der Waals surface area contributed by atoms with Crippen molar-refractivity contribution in [2.45, 2.75) is 83.1 Å². The topological polar surface area (TPSA) is 12.5 Å². The van der Waals surface area contributed by atoms with Gasteiger partial charge in [0, 0.05) is 45.2 Å². The molecule has 0 N–H and O–H groups in total. The maximum absolute atomic E-state index is 6.45. The first kappa shape index (κ1) is 48.3. The Morgan fingerprint density at radius 3 is 2.22 bits per heavy atom. The molecule has 5 aliphatic rings. The highest BCUT2D eigenvalue weighted by atomic mass is 32.2. The van der Waals surface area contributed by atoms with E-state index in [1.807, 2.05) is 24.3 Å². The van der Waals surface area contributed by atoms with E-state index < -0.39 is 0 Å². The largest absolute Gasteiger partial charge is 0.489 e. The van der Waals surface area contributed by atoms with E-state index in [9.17, 15) is 0 Å². The molecule has 6 aromatic carbocycles. The quantitative estimate of drug-likeness (QED) is 0.141. The number of benzene rings is 6. The van der Waals surface area contributed by atoms with Gasteiger partial charge < -0.3 is 9.64 Å². The summed E-state index contributed by atoms with van der Waals surface area (Å²) in [4.78, 5) is 3.68. The van der Waals surface area contributed by atoms with Gasteiger partial charge in [0.15, 0.2) is 0 Å². The normalized spacial score (nSPS) is 19.4. The Morgan fingerprint density at radius 2 is 1.46 bits per heavy atom. The van der Waals surface area contributed by atoms with Crippen LogP contribution in [-0.2, 0) is 15.6 Å². The molecule has 0 saturated carbocycles. The van der Waals surface area contributed by atoms with Gasteiger partial charge in [-0.2, -0.15) is 0 Å². The molecule has 11 rings (SSSR count). The highest BCUT2D eigenvalue weighted by molar-refractivity contribution is 8.02. The minimum atomic E-state index is -0.138. The molecule has 2 atom stereocenters. The molecule has 2 aliphatic heterocycles. The number of thioether (sulfide) groups is 1. The second-order valence-electron chi connectivity index (χ2n) is 20.9. The van der Waals surface area contributed by atoms with Gasteiger partial charge in [-0.05, 0) is 141 Å². The molecule has 0 radical (unpaired) electrons. The number of nitrogens with zero attached hydrogens (tertiary/aromatic N) is 1. The van der Waals surface area contributed by atoms with Crippen molar-refractivity contribution in [3.05, 3.63) is 274 Å². The van der Waals surface area contributed by atoms with Gasteiger partial charge in [0.05, 0.1) is 5.69 Å². The lowest BCUT2D eigenvalue weighted by Crippen LogP contribution is -2.16. The molecule has 0 spiro atoms. The summed E-state index contributed by atoms with van der Waals surface area (Å²) in [5, 5.41) is 2.09. The lowest BCUT2D eigenvalue weighted by Gasteiger charge is -2.29. The molecule has 0 fully saturated rings. The molecule has 3 heteroatoms. The Hall–Kier alpha value is -7.33. The summed E-state index contributed by atoms with van der Waals surface area (Å²) in [5.41, 5.74) is 21.1. The molecule has 3 aliphatic carbocycles. The van der Waals surface area contributed by atoms with Gasteiger partial charge in [0.1, 0.15) is 11.9 Å². The molecule has 358 valence electrons. The first-order valence-electron chi connectivity index (χ1n) is 25.5. The SMILES string of the molecule is C/C=C(\C=C/C1=Cc2ccc(-c3ccc(C(C)(C)C)cc3)cc2C1(C)C)c1ccccc1N(c1ccc(C)cc1)c1ccc(C2=CCCC3=C2C2C=CC=CC2O3)cc1.C=C1/C=C\C=C/Sc2ccccc21. The van der Waals surface area contributed by atoms with Crippen LogP contribution in [0.4, 0.5) is 17.1 Å². The summed E-state index contributed by atoms with van der Waals surface area (Å²) in [7, 11) is 0. The first-order valence-corrected chi connectivity index (χ1v) is 26.4. The minimum absolute atomic E-state index is 0.107. The summed E-state index contributed by atoms with van der Waals surface area (Å²) >= 11 is 1.73. The number of rotatable bonds is 8. The Balaban J connectivity index is 0.000000397. The van der Waals surface area contributed by atoms with Crippen LogP contribution < -0.4 is 4.90 Å². The Labute approximate surface area is 433 Å². The summed E-state index contributed by atoms with van der Waals surface area (Å²) in [5.74, 6) is 1.44. The Bertz CT molecular complexity index is 3320. The molecular weight excluding hydrogens is 891 g/mol. The fourth-order valence-electron chi connectivity index (χ4n) is 10.6. The zero-order valence-electron chi connectivity index (χ0n) is 42.8. The van der Waals surface area contributed by atoms with E-state index >= 15 is 0 Å². The van der Waals surface area contributed by atoms with Crippen LogP contribution in [0, 0.1) is 12.8 Å². The third-order valence-corrected chi connectivity index (χ3v) is 15.6. The number of para-hydroxylation sites is 1. The van der Waals surface area contributed by atoms with Crippen LogP contribution in [0.25, 0.3) is 33.9 Å². The third kappa shape index (κ3) is 9.84. The zero-order valence-corrected chi connectivity index (χ0v) is 43.6. The van der Waals surface area contributed by atoms with Crippen LogP contribution in [0.1, 0.15) is 93.3 Å². The molecule has 0 amide bonds. The highest BCUT2D eigenvalue weighted by Crippen LogP contribution is 2.48. The van der Waals surface area contributed by atoms with E-state index in [0.29, 0.717) is 0 Å². The van der Waals surface area contributed by atoms with Gasteiger partial charge in [0.2, 0.25) is 0 Å². The first-order chi connectivity index (χ1) is 34.9.